The van der Waals surface area contributed by atoms with Gasteiger partial charge in [0, 0.05) is 43.9 Å². The molecule has 1 heterocycles. The van der Waals surface area contributed by atoms with Crippen LogP contribution < -0.4 is 15.2 Å². The number of ether oxygens (including phenoxy) is 1. The van der Waals surface area contributed by atoms with E-state index in [0.29, 0.717) is 13.0 Å². The van der Waals surface area contributed by atoms with Crippen LogP contribution in [0.15, 0.2) is 41.3 Å². The van der Waals surface area contributed by atoms with Crippen molar-refractivity contribution in [3.05, 3.63) is 51.2 Å². The Hall–Kier alpha value is -2.37. The first-order valence-corrected chi connectivity index (χ1v) is 16.2. The topological polar surface area (TPSA) is 60.9 Å². The lowest BCUT2D eigenvalue weighted by Gasteiger charge is -2.43. The van der Waals surface area contributed by atoms with Gasteiger partial charge >= 0.3 is 0 Å². The molecule has 0 amide bonds. The fourth-order valence-corrected chi connectivity index (χ4v) is 5.52. The van der Waals surface area contributed by atoms with E-state index in [2.05, 4.69) is 78.0 Å². The van der Waals surface area contributed by atoms with Gasteiger partial charge in [-0.15, -0.1) is 23.7 Å². The van der Waals surface area contributed by atoms with Gasteiger partial charge in [-0.25, -0.2) is 4.98 Å². The summed E-state index contributed by atoms with van der Waals surface area (Å²) in [5.41, 5.74) is 3.82. The van der Waals surface area contributed by atoms with Crippen molar-refractivity contribution in [1.82, 2.24) is 20.1 Å². The lowest BCUT2D eigenvalue weighted by molar-refractivity contribution is -0.00816. The number of aliphatic hydroxyl groups is 1. The molecular weight excluding hydrogens is 528 g/mol. The molecule has 1 aliphatic rings. The maximum Gasteiger partial charge on any atom is 0.113 e. The third-order valence-corrected chi connectivity index (χ3v) is 8.16. The molecule has 1 aliphatic carbocycles. The fourth-order valence-electron chi connectivity index (χ4n) is 4.73. The van der Waals surface area contributed by atoms with E-state index >= 15 is 0 Å². The van der Waals surface area contributed by atoms with Crippen LogP contribution in [0.3, 0.4) is 0 Å². The fraction of sp³-hybridized carbons (Fsp3) is 0.618. The highest BCUT2D eigenvalue weighted by atomic mass is 32.1. The van der Waals surface area contributed by atoms with Crippen LogP contribution in [0.5, 0.6) is 0 Å². The lowest BCUT2D eigenvalue weighted by atomic mass is 9.85. The number of terminal acetylenes is 1. The number of hydrogen-bond donors (Lipinski definition) is 2. The summed E-state index contributed by atoms with van der Waals surface area (Å²) < 4.78 is 6.57. The molecule has 1 aromatic heterocycles. The molecule has 232 valence electrons. The van der Waals surface area contributed by atoms with Crippen molar-refractivity contribution in [3.63, 3.8) is 0 Å². The van der Waals surface area contributed by atoms with Crippen LogP contribution in [0, 0.1) is 18.3 Å². The summed E-state index contributed by atoms with van der Waals surface area (Å²) in [6, 6.07) is 0. The molecule has 2 rings (SSSR count). The van der Waals surface area contributed by atoms with Gasteiger partial charge in [0.15, 0.2) is 0 Å². The number of thiazole rings is 1. The Morgan fingerprint density at radius 1 is 1.34 bits per heavy atom. The predicted molar refractivity (Wildman–Crippen MR) is 179 cm³/mol. The van der Waals surface area contributed by atoms with Crippen LogP contribution in [-0.4, -0.2) is 65.0 Å². The molecule has 0 spiro atoms. The molecule has 0 saturated carbocycles. The number of aliphatic hydroxyl groups excluding tert-OH is 1. The second-order valence-corrected chi connectivity index (χ2v) is 10.5. The molecule has 4 unspecified atom stereocenters. The van der Waals surface area contributed by atoms with Gasteiger partial charge in [-0.1, -0.05) is 58.9 Å². The third kappa shape index (κ3) is 11.4. The van der Waals surface area contributed by atoms with E-state index in [-0.39, 0.29) is 17.6 Å². The van der Waals surface area contributed by atoms with Gasteiger partial charge < -0.3 is 20.1 Å². The zero-order valence-electron chi connectivity index (χ0n) is 27.7. The number of nitrogens with one attached hydrogen (secondary N) is 1. The number of rotatable bonds is 15. The smallest absolute Gasteiger partial charge is 0.113 e. The zero-order chi connectivity index (χ0) is 31.4. The molecule has 7 heteroatoms. The normalized spacial score (nSPS) is 17.8. The van der Waals surface area contributed by atoms with E-state index in [0.717, 1.165) is 41.4 Å². The molecule has 6 nitrogen and oxygen atoms in total. The molecule has 0 aromatic carbocycles. The summed E-state index contributed by atoms with van der Waals surface area (Å²) in [5.74, 6) is 2.84. The highest BCUT2D eigenvalue weighted by Gasteiger charge is 2.36. The summed E-state index contributed by atoms with van der Waals surface area (Å²) in [7, 11) is 3.71. The minimum atomic E-state index is -0.581. The monoisotopic (exact) mass is 586 g/mol. The molecule has 0 fully saturated rings. The van der Waals surface area contributed by atoms with Crippen LogP contribution in [0.4, 0.5) is 0 Å². The minimum Gasteiger partial charge on any atom is -0.380 e. The van der Waals surface area contributed by atoms with Crippen molar-refractivity contribution in [2.24, 2.45) is 5.92 Å². The number of nitrogens with zero attached hydrogens (tertiary/aromatic N) is 3. The highest BCUT2D eigenvalue weighted by molar-refractivity contribution is 7.07. The van der Waals surface area contributed by atoms with Gasteiger partial charge in [-0.3, -0.25) is 4.90 Å². The van der Waals surface area contributed by atoms with E-state index < -0.39 is 6.23 Å². The highest BCUT2D eigenvalue weighted by Crippen LogP contribution is 2.32. The largest absolute Gasteiger partial charge is 0.380 e. The van der Waals surface area contributed by atoms with E-state index in [9.17, 15) is 5.11 Å². The maximum atomic E-state index is 11.3. The quantitative estimate of drug-likeness (QED) is 0.198. The SMILES string of the molecule is C#CC/C=C(\N(CC)/C(C)=C/C)C(CC)(CCN(C)C(O)C1C=c2scnc2=CC1)N/C=C/C(C)OC.CC.CC. The molecule has 0 bridgehead atoms. The summed E-state index contributed by atoms with van der Waals surface area (Å²) in [6.45, 7) is 20.1. The Morgan fingerprint density at radius 2 is 2.02 bits per heavy atom. The molecule has 2 N–H and O–H groups in total. The maximum absolute atomic E-state index is 11.3. The predicted octanol–water partition coefficient (Wildman–Crippen LogP) is 5.86. The molecule has 0 aliphatic heterocycles. The second kappa shape index (κ2) is 21.4. The number of aromatic nitrogens is 1. The number of fused-ring (bicyclic) bond motifs is 1. The minimum absolute atomic E-state index is 0.000960. The van der Waals surface area contributed by atoms with Gasteiger partial charge in [0.05, 0.1) is 27.0 Å². The molecule has 41 heavy (non-hydrogen) atoms. The number of allylic oxidation sites excluding steroid dienone is 3. The van der Waals surface area contributed by atoms with E-state index in [1.807, 2.05) is 59.5 Å². The first-order valence-electron chi connectivity index (χ1n) is 15.3. The standard InChI is InChI=1S/C30H46N4O2S.2C2H6/c1-9-13-14-28(34(12-4)23(5)10-2)30(11-3,32-19-17-24(6)36-8)18-20-33(7)29(35)25-15-16-26-27(21-25)37-22-31-26;2*1-2/h1,10,14,16-17,19,21-22,24-25,29,32,35H,11-13,15,18,20H2,2-8H3;2*1-2H3/b19-17+,23-10+,28-14-;;. The van der Waals surface area contributed by atoms with Gasteiger partial charge in [0.1, 0.15) is 6.23 Å². The van der Waals surface area contributed by atoms with Crippen molar-refractivity contribution in [3.8, 4) is 12.3 Å². The average molecular weight is 587 g/mol. The molecular formula is C34H58N4O2S. The van der Waals surface area contributed by atoms with Crippen LogP contribution >= 0.6 is 11.3 Å². The lowest BCUT2D eigenvalue weighted by Crippen LogP contribution is -2.51. The van der Waals surface area contributed by atoms with Crippen molar-refractivity contribution in [1.29, 1.82) is 0 Å². The van der Waals surface area contributed by atoms with E-state index in [4.69, 9.17) is 11.2 Å². The zero-order valence-corrected chi connectivity index (χ0v) is 28.5. The van der Waals surface area contributed by atoms with Gasteiger partial charge in [0.2, 0.25) is 0 Å². The third-order valence-electron chi connectivity index (χ3n) is 7.35. The van der Waals surface area contributed by atoms with Crippen molar-refractivity contribution in [2.75, 3.05) is 27.2 Å². The van der Waals surface area contributed by atoms with E-state index in [1.54, 1.807) is 18.4 Å². The first kappa shape index (κ1) is 38.6. The van der Waals surface area contributed by atoms with Crippen LogP contribution in [-0.2, 0) is 4.74 Å². The van der Waals surface area contributed by atoms with Crippen molar-refractivity contribution in [2.45, 2.75) is 106 Å². The van der Waals surface area contributed by atoms with Crippen LogP contribution in [0.2, 0.25) is 0 Å². The Bertz CT molecular complexity index is 1100. The van der Waals surface area contributed by atoms with Crippen molar-refractivity contribution >= 4 is 23.5 Å². The Labute approximate surface area is 255 Å². The molecule has 1 aromatic rings. The molecule has 0 radical (unpaired) electrons. The Balaban J connectivity index is 0.00000382. The van der Waals surface area contributed by atoms with Crippen molar-refractivity contribution < 1.29 is 9.84 Å². The average Bonchev–Trinajstić information content (AvgIpc) is 3.50. The van der Waals surface area contributed by atoms with Crippen LogP contribution in [0.25, 0.3) is 12.2 Å². The van der Waals surface area contributed by atoms with E-state index in [1.165, 1.54) is 5.70 Å². The number of hydrogen-bond acceptors (Lipinski definition) is 7. The summed E-state index contributed by atoms with van der Waals surface area (Å²) in [5, 5.41) is 16.0. The summed E-state index contributed by atoms with van der Waals surface area (Å²) in [6.07, 6.45) is 20.7. The number of likely N-dealkylation sites (N-methyl/N-ethyl adjacent to an activating group) is 1. The van der Waals surface area contributed by atoms with Crippen LogP contribution in [0.1, 0.15) is 88.0 Å². The molecule has 0 saturated heterocycles. The van der Waals surface area contributed by atoms with Gasteiger partial charge in [-0.05, 0) is 66.3 Å². The summed E-state index contributed by atoms with van der Waals surface area (Å²) >= 11 is 1.62. The number of methoxy groups -OCH3 is 1. The second-order valence-electron chi connectivity index (χ2n) is 9.57. The Morgan fingerprint density at radius 3 is 2.59 bits per heavy atom. The molecule has 4 atom stereocenters. The first-order chi connectivity index (χ1) is 19.8. The van der Waals surface area contributed by atoms with Gasteiger partial charge in [0.25, 0.3) is 0 Å². The van der Waals surface area contributed by atoms with Gasteiger partial charge in [-0.2, -0.15) is 0 Å². The summed E-state index contributed by atoms with van der Waals surface area (Å²) in [4.78, 5) is 8.80. The Kier molecular flexibility index (Phi) is 20.1.